The van der Waals surface area contributed by atoms with Crippen LogP contribution in [-0.4, -0.2) is 24.0 Å². The predicted molar refractivity (Wildman–Crippen MR) is 111 cm³/mol. The van der Waals surface area contributed by atoms with E-state index in [9.17, 15) is 9.59 Å². The molecule has 1 atom stereocenters. The van der Waals surface area contributed by atoms with Crippen molar-refractivity contribution in [2.24, 2.45) is 11.7 Å². The normalized spacial score (nSPS) is 15.6. The highest BCUT2D eigenvalue weighted by Crippen LogP contribution is 2.39. The Kier molecular flexibility index (Phi) is 5.76. The smallest absolute Gasteiger partial charge is 0.257 e. The molecule has 8 heteroatoms. The summed E-state index contributed by atoms with van der Waals surface area (Å²) in [6, 6.07) is 6.77. The zero-order valence-corrected chi connectivity index (χ0v) is 16.8. The monoisotopic (exact) mass is 403 g/mol. The van der Waals surface area contributed by atoms with Crippen LogP contribution in [-0.2, 0) is 12.8 Å². The molecule has 1 heterocycles. The van der Waals surface area contributed by atoms with Gasteiger partial charge in [-0.25, -0.2) is 0 Å². The van der Waals surface area contributed by atoms with E-state index in [0.717, 1.165) is 29.7 Å². The third kappa shape index (κ3) is 4.28. The lowest BCUT2D eigenvalue weighted by molar-refractivity contribution is 0.0975. The zero-order valence-electron chi connectivity index (χ0n) is 15.1. The van der Waals surface area contributed by atoms with Crippen molar-refractivity contribution in [3.05, 3.63) is 45.8 Å². The second-order valence-electron chi connectivity index (χ2n) is 6.56. The van der Waals surface area contributed by atoms with E-state index in [1.165, 1.54) is 18.4 Å². The number of thiophene rings is 1. The number of ether oxygens (including phenoxy) is 1. The Hall–Kier alpha value is -2.45. The van der Waals surface area contributed by atoms with Gasteiger partial charge in [-0.15, -0.1) is 11.3 Å². The first-order chi connectivity index (χ1) is 12.9. The fourth-order valence-electron chi connectivity index (χ4n) is 3.17. The minimum absolute atomic E-state index is 0.122. The molecule has 0 fully saturated rings. The van der Waals surface area contributed by atoms with Crippen LogP contribution in [0.25, 0.3) is 0 Å². The Morgan fingerprint density at radius 2 is 2.15 bits per heavy atom. The predicted octanol–water partition coefficient (Wildman–Crippen LogP) is 3.11. The van der Waals surface area contributed by atoms with Gasteiger partial charge in [-0.2, -0.15) is 0 Å². The molecule has 4 N–H and O–H groups in total. The van der Waals surface area contributed by atoms with Crippen LogP contribution >= 0.6 is 23.6 Å². The van der Waals surface area contributed by atoms with E-state index in [1.807, 2.05) is 0 Å². The van der Waals surface area contributed by atoms with Crippen LogP contribution in [0.5, 0.6) is 5.75 Å². The van der Waals surface area contributed by atoms with Crippen molar-refractivity contribution in [2.75, 3.05) is 12.4 Å². The average Bonchev–Trinajstić information content (AvgIpc) is 2.98. The second kappa shape index (κ2) is 8.06. The van der Waals surface area contributed by atoms with E-state index in [4.69, 9.17) is 22.7 Å². The van der Waals surface area contributed by atoms with Crippen LogP contribution in [0.1, 0.15) is 44.5 Å². The van der Waals surface area contributed by atoms with Crippen LogP contribution in [0.4, 0.5) is 5.00 Å². The molecule has 1 aromatic heterocycles. The molecular formula is C19H21N3O3S2. The van der Waals surface area contributed by atoms with Crippen LogP contribution in [0.2, 0.25) is 0 Å². The summed E-state index contributed by atoms with van der Waals surface area (Å²) in [7, 11) is 1.54. The minimum Gasteiger partial charge on any atom is -0.497 e. The van der Waals surface area contributed by atoms with Gasteiger partial charge < -0.3 is 15.8 Å². The number of thiocarbonyl (C=S) groups is 1. The van der Waals surface area contributed by atoms with E-state index in [-0.39, 0.29) is 11.0 Å². The van der Waals surface area contributed by atoms with Crippen molar-refractivity contribution < 1.29 is 14.3 Å². The van der Waals surface area contributed by atoms with Crippen molar-refractivity contribution in [1.82, 2.24) is 5.32 Å². The molecule has 2 amide bonds. The average molecular weight is 404 g/mol. The lowest BCUT2D eigenvalue weighted by Gasteiger charge is -2.18. The molecule has 1 aliphatic rings. The van der Waals surface area contributed by atoms with Crippen LogP contribution in [0, 0.1) is 5.92 Å². The van der Waals surface area contributed by atoms with Gasteiger partial charge in [0.25, 0.3) is 11.8 Å². The Bertz CT molecular complexity index is 908. The maximum absolute atomic E-state index is 12.4. The first-order valence-electron chi connectivity index (χ1n) is 8.59. The molecular weight excluding hydrogens is 382 g/mol. The number of carbonyl (C=O) groups is 2. The number of benzene rings is 1. The fourth-order valence-corrected chi connectivity index (χ4v) is 4.85. The van der Waals surface area contributed by atoms with Gasteiger partial charge in [0.1, 0.15) is 10.8 Å². The number of amides is 2. The molecule has 0 saturated carbocycles. The van der Waals surface area contributed by atoms with Gasteiger partial charge in [0, 0.05) is 10.4 Å². The quantitative estimate of drug-likeness (QED) is 0.682. The van der Waals surface area contributed by atoms with E-state index in [2.05, 4.69) is 17.6 Å². The summed E-state index contributed by atoms with van der Waals surface area (Å²) in [4.78, 5) is 25.5. The van der Waals surface area contributed by atoms with Gasteiger partial charge in [-0.1, -0.05) is 13.0 Å². The molecule has 0 unspecified atom stereocenters. The third-order valence-corrected chi connectivity index (χ3v) is 5.92. The number of nitrogens with two attached hydrogens (primary N) is 1. The van der Waals surface area contributed by atoms with Crippen LogP contribution < -0.4 is 21.1 Å². The summed E-state index contributed by atoms with van der Waals surface area (Å²) >= 11 is 6.74. The lowest BCUT2D eigenvalue weighted by atomic mass is 9.88. The molecule has 142 valence electrons. The molecule has 0 bridgehead atoms. The molecule has 0 aliphatic heterocycles. The first-order valence-corrected chi connectivity index (χ1v) is 9.82. The van der Waals surface area contributed by atoms with E-state index < -0.39 is 5.91 Å². The molecule has 6 nitrogen and oxygen atoms in total. The number of carbonyl (C=O) groups excluding carboxylic acids is 2. The topological polar surface area (TPSA) is 93.4 Å². The maximum atomic E-state index is 12.4. The number of hydrogen-bond acceptors (Lipinski definition) is 5. The van der Waals surface area contributed by atoms with Gasteiger partial charge in [0.15, 0.2) is 5.11 Å². The van der Waals surface area contributed by atoms with Crippen molar-refractivity contribution in [2.45, 2.75) is 26.2 Å². The SMILES string of the molecule is COc1cccc(C(=O)NC(=S)Nc2sc3c(c2C(N)=O)CC[C@@H](C)C3)c1. The molecule has 0 spiro atoms. The maximum Gasteiger partial charge on any atom is 0.257 e. The fraction of sp³-hybridized carbons (Fsp3) is 0.316. The van der Waals surface area contributed by atoms with Gasteiger partial charge in [0.05, 0.1) is 12.7 Å². The van der Waals surface area contributed by atoms with Crippen molar-refractivity contribution >= 4 is 45.5 Å². The number of anilines is 1. The molecule has 1 aliphatic carbocycles. The molecule has 0 radical (unpaired) electrons. The Labute approximate surface area is 167 Å². The van der Waals surface area contributed by atoms with Gasteiger partial charge in [-0.05, 0) is 61.2 Å². The summed E-state index contributed by atoms with van der Waals surface area (Å²) in [5, 5.41) is 6.33. The summed E-state index contributed by atoms with van der Waals surface area (Å²) in [5.41, 5.74) is 7.52. The summed E-state index contributed by atoms with van der Waals surface area (Å²) in [5.74, 6) is 0.315. The van der Waals surface area contributed by atoms with E-state index >= 15 is 0 Å². The highest BCUT2D eigenvalue weighted by molar-refractivity contribution is 7.80. The summed E-state index contributed by atoms with van der Waals surface area (Å²) < 4.78 is 5.12. The highest BCUT2D eigenvalue weighted by atomic mass is 32.1. The van der Waals surface area contributed by atoms with E-state index in [0.29, 0.717) is 27.8 Å². The number of hydrogen-bond donors (Lipinski definition) is 3. The summed E-state index contributed by atoms with van der Waals surface area (Å²) in [6.45, 7) is 2.19. The Balaban J connectivity index is 1.76. The largest absolute Gasteiger partial charge is 0.497 e. The number of methoxy groups -OCH3 is 1. The lowest BCUT2D eigenvalue weighted by Crippen LogP contribution is -2.34. The van der Waals surface area contributed by atoms with Crippen molar-refractivity contribution in [1.29, 1.82) is 0 Å². The Morgan fingerprint density at radius 3 is 2.85 bits per heavy atom. The summed E-state index contributed by atoms with van der Waals surface area (Å²) in [6.07, 6.45) is 2.78. The standard InChI is InChI=1S/C19H21N3O3S2/c1-10-6-7-13-14(8-10)27-18(15(13)16(20)23)22-19(26)21-17(24)11-4-3-5-12(9-11)25-2/h3-5,9-10H,6-8H2,1-2H3,(H2,20,23)(H2,21,22,24,26)/t10-/m1/s1. The number of rotatable bonds is 4. The number of fused-ring (bicyclic) bond motifs is 1. The van der Waals surface area contributed by atoms with E-state index in [1.54, 1.807) is 24.3 Å². The molecule has 27 heavy (non-hydrogen) atoms. The minimum atomic E-state index is -0.480. The molecule has 3 rings (SSSR count). The molecule has 1 aromatic carbocycles. The molecule has 0 saturated heterocycles. The third-order valence-electron chi connectivity index (χ3n) is 4.54. The first kappa shape index (κ1) is 19.3. The van der Waals surface area contributed by atoms with Crippen molar-refractivity contribution in [3.8, 4) is 5.75 Å². The van der Waals surface area contributed by atoms with Crippen molar-refractivity contribution in [3.63, 3.8) is 0 Å². The van der Waals surface area contributed by atoms with Gasteiger partial charge in [-0.3, -0.25) is 14.9 Å². The van der Waals surface area contributed by atoms with Gasteiger partial charge in [0.2, 0.25) is 0 Å². The van der Waals surface area contributed by atoms with Crippen LogP contribution in [0.3, 0.4) is 0 Å². The second-order valence-corrected chi connectivity index (χ2v) is 8.07. The Morgan fingerprint density at radius 1 is 1.37 bits per heavy atom. The number of primary amides is 1. The number of nitrogens with one attached hydrogen (secondary N) is 2. The zero-order chi connectivity index (χ0) is 19.6. The van der Waals surface area contributed by atoms with Crippen LogP contribution in [0.15, 0.2) is 24.3 Å². The van der Waals surface area contributed by atoms with Gasteiger partial charge >= 0.3 is 0 Å². The molecule has 2 aromatic rings. The highest BCUT2D eigenvalue weighted by Gasteiger charge is 2.27.